The van der Waals surface area contributed by atoms with E-state index in [1.165, 1.54) is 19.4 Å². The summed E-state index contributed by atoms with van der Waals surface area (Å²) in [5.74, 6) is 0.317. The number of amides is 1. The van der Waals surface area contributed by atoms with Gasteiger partial charge in [0.25, 0.3) is 0 Å². The molecule has 0 aromatic carbocycles. The lowest BCUT2D eigenvalue weighted by Crippen LogP contribution is -2.52. The number of hydrogen-bond donors (Lipinski definition) is 2. The molecular weight excluding hydrogens is 337 g/mol. The highest BCUT2D eigenvalue weighted by Crippen LogP contribution is 2.18. The number of nitrogens with zero attached hydrogens (tertiary/aromatic N) is 1. The van der Waals surface area contributed by atoms with E-state index >= 15 is 0 Å². The second-order valence-electron chi connectivity index (χ2n) is 6.45. The second-order valence-corrected chi connectivity index (χ2v) is 6.45. The van der Waals surface area contributed by atoms with Crippen LogP contribution in [-0.4, -0.2) is 55.7 Å². The van der Waals surface area contributed by atoms with Gasteiger partial charge in [0, 0.05) is 32.3 Å². The monoisotopic (exact) mass is 369 g/mol. The van der Waals surface area contributed by atoms with Crippen LogP contribution in [0, 0.1) is 5.92 Å². The van der Waals surface area contributed by atoms with Gasteiger partial charge in [0.05, 0.1) is 6.04 Å². The Morgan fingerprint density at radius 2 is 1.83 bits per heavy atom. The minimum Gasteiger partial charge on any atom is -0.381 e. The van der Waals surface area contributed by atoms with Crippen LogP contribution >= 0.6 is 24.8 Å². The minimum absolute atomic E-state index is 0. The van der Waals surface area contributed by atoms with Crippen molar-refractivity contribution in [2.24, 2.45) is 11.7 Å². The lowest BCUT2D eigenvalue weighted by atomic mass is 9.91. The number of carbonyl (C=O) groups is 1. The largest absolute Gasteiger partial charge is 0.381 e. The van der Waals surface area contributed by atoms with E-state index in [9.17, 15) is 4.79 Å². The molecule has 7 heteroatoms. The summed E-state index contributed by atoms with van der Waals surface area (Å²) in [7, 11) is 0. The molecular formula is C16H33Cl2N3O2. The van der Waals surface area contributed by atoms with Crippen LogP contribution in [0.25, 0.3) is 0 Å². The Bertz CT molecular complexity index is 320. The Kier molecular flexibility index (Phi) is 12.3. The summed E-state index contributed by atoms with van der Waals surface area (Å²) in [6, 6.07) is -0.0618. The Morgan fingerprint density at radius 1 is 1.22 bits per heavy atom. The van der Waals surface area contributed by atoms with Gasteiger partial charge in [-0.2, -0.15) is 0 Å². The molecule has 0 bridgehead atoms. The molecule has 5 nitrogen and oxygen atoms in total. The maximum atomic E-state index is 12.3. The molecule has 0 saturated carbocycles. The van der Waals surface area contributed by atoms with Crippen molar-refractivity contribution in [2.45, 2.75) is 57.5 Å². The maximum Gasteiger partial charge on any atom is 0.237 e. The highest BCUT2D eigenvalue weighted by atomic mass is 35.5. The fourth-order valence-corrected chi connectivity index (χ4v) is 3.27. The van der Waals surface area contributed by atoms with E-state index in [0.717, 1.165) is 52.0 Å². The molecule has 2 aliphatic rings. The van der Waals surface area contributed by atoms with Crippen molar-refractivity contribution in [1.82, 2.24) is 10.2 Å². The van der Waals surface area contributed by atoms with E-state index in [0.29, 0.717) is 6.04 Å². The first kappa shape index (κ1) is 22.9. The van der Waals surface area contributed by atoms with Crippen LogP contribution in [0.3, 0.4) is 0 Å². The Balaban J connectivity index is 0.00000242. The number of halogens is 2. The first-order chi connectivity index (χ1) is 10.2. The molecule has 138 valence electrons. The molecule has 0 aromatic rings. The predicted molar refractivity (Wildman–Crippen MR) is 98.5 cm³/mol. The van der Waals surface area contributed by atoms with Gasteiger partial charge >= 0.3 is 0 Å². The fourth-order valence-electron chi connectivity index (χ4n) is 3.27. The second kappa shape index (κ2) is 12.3. The first-order valence-corrected chi connectivity index (χ1v) is 8.56. The van der Waals surface area contributed by atoms with Gasteiger partial charge in [-0.1, -0.05) is 13.3 Å². The third-order valence-corrected chi connectivity index (χ3v) is 4.84. The van der Waals surface area contributed by atoms with Gasteiger partial charge in [-0.05, 0) is 44.6 Å². The molecule has 0 spiro atoms. The van der Waals surface area contributed by atoms with Gasteiger partial charge in [0.15, 0.2) is 0 Å². The van der Waals surface area contributed by atoms with Crippen LogP contribution in [0.2, 0.25) is 0 Å². The average molecular weight is 370 g/mol. The van der Waals surface area contributed by atoms with Gasteiger partial charge in [-0.25, -0.2) is 0 Å². The first-order valence-electron chi connectivity index (χ1n) is 8.56. The minimum atomic E-state index is -0.368. The summed E-state index contributed by atoms with van der Waals surface area (Å²) in [5.41, 5.74) is 6.12. The Hall–Kier alpha value is -0.0700. The zero-order chi connectivity index (χ0) is 15.1. The van der Waals surface area contributed by atoms with Gasteiger partial charge < -0.3 is 20.7 Å². The van der Waals surface area contributed by atoms with Crippen LogP contribution in [0.5, 0.6) is 0 Å². The molecule has 2 aliphatic heterocycles. The fraction of sp³-hybridized carbons (Fsp3) is 0.938. The Morgan fingerprint density at radius 3 is 2.39 bits per heavy atom. The van der Waals surface area contributed by atoms with E-state index in [4.69, 9.17) is 10.5 Å². The van der Waals surface area contributed by atoms with Crippen molar-refractivity contribution < 1.29 is 9.53 Å². The summed E-state index contributed by atoms with van der Waals surface area (Å²) in [6.45, 7) is 7.08. The van der Waals surface area contributed by atoms with Crippen molar-refractivity contribution in [2.75, 3.05) is 32.8 Å². The molecule has 2 fully saturated rings. The molecule has 0 aromatic heterocycles. The topological polar surface area (TPSA) is 67.6 Å². The number of rotatable bonds is 6. The number of nitrogens with one attached hydrogen (secondary N) is 1. The van der Waals surface area contributed by atoms with Gasteiger partial charge in [0.1, 0.15) is 0 Å². The zero-order valence-corrected chi connectivity index (χ0v) is 15.8. The molecule has 23 heavy (non-hydrogen) atoms. The van der Waals surface area contributed by atoms with Crippen LogP contribution in [-0.2, 0) is 9.53 Å². The van der Waals surface area contributed by atoms with Crippen molar-refractivity contribution in [3.05, 3.63) is 0 Å². The molecule has 2 heterocycles. The van der Waals surface area contributed by atoms with Gasteiger partial charge in [0.2, 0.25) is 5.91 Å². The van der Waals surface area contributed by atoms with E-state index in [2.05, 4.69) is 17.1 Å². The number of unbranched alkanes of at least 4 members (excludes halogenated alkanes) is 1. The molecule has 1 atom stereocenters. The van der Waals surface area contributed by atoms with E-state index in [1.807, 2.05) is 0 Å². The highest BCUT2D eigenvalue weighted by Gasteiger charge is 2.28. The molecule has 1 unspecified atom stereocenters. The molecule has 3 N–H and O–H groups in total. The highest BCUT2D eigenvalue weighted by molar-refractivity contribution is 5.85. The number of ether oxygens (including phenoxy) is 1. The molecule has 2 rings (SSSR count). The Labute approximate surface area is 152 Å². The molecule has 1 amide bonds. The summed E-state index contributed by atoms with van der Waals surface area (Å²) in [5, 5.41) is 3.16. The predicted octanol–water partition coefficient (Wildman–Crippen LogP) is 1.96. The number of nitrogens with two attached hydrogens (primary N) is 1. The third-order valence-electron chi connectivity index (χ3n) is 4.84. The number of carbonyl (C=O) groups excluding carboxylic acids is 1. The van der Waals surface area contributed by atoms with Crippen LogP contribution < -0.4 is 11.1 Å². The standard InChI is InChI=1S/C16H31N3O2.2ClH/c1-2-3-8-19-9-4-14(5-10-19)18-16(20)15(17)13-6-11-21-12-7-13;;/h13-15H,2-12,17H2,1H3,(H,18,20);2*1H. The van der Waals surface area contributed by atoms with Crippen LogP contribution in [0.15, 0.2) is 0 Å². The summed E-state index contributed by atoms with van der Waals surface area (Å²) in [6.07, 6.45) is 6.43. The maximum absolute atomic E-state index is 12.3. The summed E-state index contributed by atoms with van der Waals surface area (Å²) < 4.78 is 5.33. The summed E-state index contributed by atoms with van der Waals surface area (Å²) >= 11 is 0. The van der Waals surface area contributed by atoms with E-state index < -0.39 is 0 Å². The normalized spacial score (nSPS) is 21.8. The van der Waals surface area contributed by atoms with Crippen LogP contribution in [0.1, 0.15) is 45.4 Å². The van der Waals surface area contributed by atoms with Crippen molar-refractivity contribution in [1.29, 1.82) is 0 Å². The van der Waals surface area contributed by atoms with E-state index in [1.54, 1.807) is 0 Å². The number of piperidine rings is 1. The van der Waals surface area contributed by atoms with Crippen molar-refractivity contribution in [3.8, 4) is 0 Å². The van der Waals surface area contributed by atoms with Crippen molar-refractivity contribution in [3.63, 3.8) is 0 Å². The molecule has 0 radical (unpaired) electrons. The van der Waals surface area contributed by atoms with Crippen LogP contribution in [0.4, 0.5) is 0 Å². The van der Waals surface area contributed by atoms with Crippen molar-refractivity contribution >= 4 is 30.7 Å². The van der Waals surface area contributed by atoms with Gasteiger partial charge in [-0.15, -0.1) is 24.8 Å². The number of hydrogen-bond acceptors (Lipinski definition) is 4. The quantitative estimate of drug-likeness (QED) is 0.750. The lowest BCUT2D eigenvalue weighted by molar-refractivity contribution is -0.125. The molecule has 0 aliphatic carbocycles. The number of likely N-dealkylation sites (tertiary alicyclic amines) is 1. The van der Waals surface area contributed by atoms with Gasteiger partial charge in [-0.3, -0.25) is 4.79 Å². The average Bonchev–Trinajstić information content (AvgIpc) is 2.54. The molecule has 2 saturated heterocycles. The SMILES string of the molecule is CCCCN1CCC(NC(=O)C(N)C2CCOCC2)CC1.Cl.Cl. The zero-order valence-electron chi connectivity index (χ0n) is 14.2. The third kappa shape index (κ3) is 7.57. The summed E-state index contributed by atoms with van der Waals surface area (Å²) in [4.78, 5) is 14.8. The lowest BCUT2D eigenvalue weighted by Gasteiger charge is -2.34. The van der Waals surface area contributed by atoms with E-state index in [-0.39, 0.29) is 42.7 Å². The smallest absolute Gasteiger partial charge is 0.237 e.